The second kappa shape index (κ2) is 5.64. The maximum Gasteiger partial charge on any atom is 0.342 e. The van der Waals surface area contributed by atoms with E-state index in [2.05, 4.69) is 10.3 Å². The van der Waals surface area contributed by atoms with Crippen molar-refractivity contribution >= 4 is 17.6 Å². The molecule has 6 nitrogen and oxygen atoms in total. The third kappa shape index (κ3) is 2.74. The van der Waals surface area contributed by atoms with Crippen LogP contribution in [0.4, 0.5) is 5.69 Å². The lowest BCUT2D eigenvalue weighted by atomic mass is 10.2. The number of carbonyl (C=O) groups excluding carboxylic acids is 2. The number of carbonyl (C=O) groups is 2. The highest BCUT2D eigenvalue weighted by Gasteiger charge is 2.20. The number of furan rings is 1. The number of nitrogens with one attached hydrogen (secondary N) is 2. The summed E-state index contributed by atoms with van der Waals surface area (Å²) in [6.45, 7) is 5.50. The number of esters is 1. The first kappa shape index (κ1) is 13.9. The van der Waals surface area contributed by atoms with E-state index in [1.54, 1.807) is 33.0 Å². The Morgan fingerprint density at radius 3 is 2.75 bits per heavy atom. The lowest BCUT2D eigenvalue weighted by Crippen LogP contribution is -2.14. The Morgan fingerprint density at radius 1 is 1.40 bits per heavy atom. The van der Waals surface area contributed by atoms with E-state index < -0.39 is 5.97 Å². The average Bonchev–Trinajstić information content (AvgIpc) is 2.96. The topological polar surface area (TPSA) is 84.3 Å². The van der Waals surface area contributed by atoms with Gasteiger partial charge in [-0.2, -0.15) is 0 Å². The molecule has 0 aliphatic carbocycles. The third-order valence-electron chi connectivity index (χ3n) is 2.80. The monoisotopic (exact) mass is 276 g/mol. The molecule has 1 amide bonds. The van der Waals surface area contributed by atoms with Crippen LogP contribution >= 0.6 is 0 Å². The van der Waals surface area contributed by atoms with Crippen LogP contribution in [0, 0.1) is 13.8 Å². The normalized spacial score (nSPS) is 10.3. The molecule has 0 radical (unpaired) electrons. The molecule has 0 aromatic carbocycles. The van der Waals surface area contributed by atoms with Gasteiger partial charge in [0, 0.05) is 11.9 Å². The highest BCUT2D eigenvalue weighted by atomic mass is 16.5. The first-order valence-electron chi connectivity index (χ1n) is 6.24. The van der Waals surface area contributed by atoms with Gasteiger partial charge in [0.2, 0.25) is 0 Å². The highest BCUT2D eigenvalue weighted by Crippen LogP contribution is 2.21. The van der Waals surface area contributed by atoms with Crippen LogP contribution in [0.15, 0.2) is 22.9 Å². The van der Waals surface area contributed by atoms with Crippen LogP contribution in [0.1, 0.15) is 39.1 Å². The maximum absolute atomic E-state index is 12.0. The smallest absolute Gasteiger partial charge is 0.342 e. The number of aromatic amines is 1. The van der Waals surface area contributed by atoms with Crippen molar-refractivity contribution in [2.75, 3.05) is 11.9 Å². The quantitative estimate of drug-likeness (QED) is 0.841. The van der Waals surface area contributed by atoms with E-state index in [-0.39, 0.29) is 12.5 Å². The molecule has 0 spiro atoms. The maximum atomic E-state index is 12.0. The van der Waals surface area contributed by atoms with E-state index in [4.69, 9.17) is 9.15 Å². The zero-order chi connectivity index (χ0) is 14.7. The van der Waals surface area contributed by atoms with Crippen molar-refractivity contribution in [3.05, 3.63) is 41.1 Å². The molecule has 20 heavy (non-hydrogen) atoms. The molecule has 0 saturated heterocycles. The van der Waals surface area contributed by atoms with Crippen LogP contribution in [0.3, 0.4) is 0 Å². The van der Waals surface area contributed by atoms with Gasteiger partial charge in [-0.25, -0.2) is 4.79 Å². The molecule has 0 atom stereocenters. The Balaban J connectivity index is 2.22. The number of aryl methyl sites for hydroxylation is 2. The van der Waals surface area contributed by atoms with Gasteiger partial charge in [-0.15, -0.1) is 0 Å². The van der Waals surface area contributed by atoms with Crippen LogP contribution in [-0.2, 0) is 4.74 Å². The highest BCUT2D eigenvalue weighted by molar-refractivity contribution is 6.08. The number of hydrogen-bond acceptors (Lipinski definition) is 4. The summed E-state index contributed by atoms with van der Waals surface area (Å²) in [6.07, 6.45) is 2.93. The second-order valence-corrected chi connectivity index (χ2v) is 4.32. The summed E-state index contributed by atoms with van der Waals surface area (Å²) in [5.74, 6) is -0.165. The third-order valence-corrected chi connectivity index (χ3v) is 2.80. The minimum atomic E-state index is -0.468. The summed E-state index contributed by atoms with van der Waals surface area (Å²) in [6, 6.07) is 1.62. The summed E-state index contributed by atoms with van der Waals surface area (Å²) < 4.78 is 10.1. The Morgan fingerprint density at radius 2 is 2.15 bits per heavy atom. The van der Waals surface area contributed by atoms with Gasteiger partial charge in [-0.05, 0) is 26.8 Å². The van der Waals surface area contributed by atoms with Crippen molar-refractivity contribution in [2.45, 2.75) is 20.8 Å². The van der Waals surface area contributed by atoms with Crippen LogP contribution < -0.4 is 5.32 Å². The molecule has 2 aromatic rings. The van der Waals surface area contributed by atoms with Gasteiger partial charge in [-0.1, -0.05) is 0 Å². The summed E-state index contributed by atoms with van der Waals surface area (Å²) in [5, 5.41) is 2.67. The van der Waals surface area contributed by atoms with Crippen LogP contribution in [-0.4, -0.2) is 23.5 Å². The fourth-order valence-corrected chi connectivity index (χ4v) is 1.85. The SMILES string of the molecule is CCOC(=O)c1c(NC(=O)c2coc(C)c2)c[nH]c1C. The van der Waals surface area contributed by atoms with E-state index in [0.29, 0.717) is 28.3 Å². The lowest BCUT2D eigenvalue weighted by Gasteiger charge is -2.06. The molecule has 2 heterocycles. The first-order valence-corrected chi connectivity index (χ1v) is 6.24. The van der Waals surface area contributed by atoms with Crippen molar-refractivity contribution in [3.63, 3.8) is 0 Å². The Kier molecular flexibility index (Phi) is 3.93. The molecule has 6 heteroatoms. The largest absolute Gasteiger partial charge is 0.469 e. The van der Waals surface area contributed by atoms with Gasteiger partial charge in [-0.3, -0.25) is 4.79 Å². The summed E-state index contributed by atoms with van der Waals surface area (Å²) in [7, 11) is 0. The van der Waals surface area contributed by atoms with Crippen LogP contribution in [0.25, 0.3) is 0 Å². The lowest BCUT2D eigenvalue weighted by molar-refractivity contribution is 0.0527. The number of amides is 1. The molecule has 2 N–H and O–H groups in total. The summed E-state index contributed by atoms with van der Waals surface area (Å²) >= 11 is 0. The number of rotatable bonds is 4. The van der Waals surface area contributed by atoms with E-state index in [1.807, 2.05) is 0 Å². The van der Waals surface area contributed by atoms with Crippen molar-refractivity contribution in [1.82, 2.24) is 4.98 Å². The van der Waals surface area contributed by atoms with Gasteiger partial charge in [0.1, 0.15) is 17.6 Å². The second-order valence-electron chi connectivity index (χ2n) is 4.32. The molecule has 0 saturated carbocycles. The molecule has 2 aromatic heterocycles. The molecular formula is C14H16N2O4. The number of hydrogen-bond donors (Lipinski definition) is 2. The standard InChI is InChI=1S/C14H16N2O4/c1-4-19-14(18)12-9(3)15-6-11(12)16-13(17)10-5-8(2)20-7-10/h5-7,15H,4H2,1-3H3,(H,16,17). The van der Waals surface area contributed by atoms with Crippen molar-refractivity contribution in [3.8, 4) is 0 Å². The minimum absolute atomic E-state index is 0.276. The van der Waals surface area contributed by atoms with Crippen molar-refractivity contribution < 1.29 is 18.7 Å². The van der Waals surface area contributed by atoms with Crippen LogP contribution in [0.2, 0.25) is 0 Å². The van der Waals surface area contributed by atoms with Gasteiger partial charge >= 0.3 is 5.97 Å². The summed E-state index contributed by atoms with van der Waals surface area (Å²) in [4.78, 5) is 26.8. The molecule has 106 valence electrons. The minimum Gasteiger partial charge on any atom is -0.469 e. The van der Waals surface area contributed by atoms with Gasteiger partial charge < -0.3 is 19.5 Å². The number of anilines is 1. The van der Waals surface area contributed by atoms with E-state index in [0.717, 1.165) is 0 Å². The predicted octanol–water partition coefficient (Wildman–Crippen LogP) is 2.65. The Hall–Kier alpha value is -2.50. The molecule has 0 unspecified atom stereocenters. The molecule has 0 fully saturated rings. The van der Waals surface area contributed by atoms with Crippen LogP contribution in [0.5, 0.6) is 0 Å². The number of aromatic nitrogens is 1. The van der Waals surface area contributed by atoms with E-state index >= 15 is 0 Å². The predicted molar refractivity (Wildman–Crippen MR) is 72.9 cm³/mol. The average molecular weight is 276 g/mol. The number of H-pyrrole nitrogens is 1. The fourth-order valence-electron chi connectivity index (χ4n) is 1.85. The van der Waals surface area contributed by atoms with Gasteiger partial charge in [0.25, 0.3) is 5.91 Å². The van der Waals surface area contributed by atoms with Gasteiger partial charge in [0.15, 0.2) is 0 Å². The Bertz CT molecular complexity index is 639. The first-order chi connectivity index (χ1) is 9.52. The van der Waals surface area contributed by atoms with Crippen molar-refractivity contribution in [1.29, 1.82) is 0 Å². The number of ether oxygens (including phenoxy) is 1. The zero-order valence-electron chi connectivity index (χ0n) is 11.6. The van der Waals surface area contributed by atoms with E-state index in [1.165, 1.54) is 6.26 Å². The molecule has 0 bridgehead atoms. The zero-order valence-corrected chi connectivity index (χ0v) is 11.6. The summed E-state index contributed by atoms with van der Waals surface area (Å²) in [5.41, 5.74) is 1.77. The molecule has 0 aliphatic rings. The molecular weight excluding hydrogens is 260 g/mol. The molecule has 2 rings (SSSR count). The Labute approximate surface area is 116 Å². The van der Waals surface area contributed by atoms with Gasteiger partial charge in [0.05, 0.1) is 17.9 Å². The molecule has 0 aliphatic heterocycles. The van der Waals surface area contributed by atoms with Crippen molar-refractivity contribution in [2.24, 2.45) is 0 Å². The van der Waals surface area contributed by atoms with E-state index in [9.17, 15) is 9.59 Å². The fraction of sp³-hybridized carbons (Fsp3) is 0.286.